The standard InChI is InChI=1S/C14H12Cl2N4OS/c1-7(2)20-10(5-6-17-20)13(21)19-14-18-11-8(15)3-4-9(16)12(11)22-14/h3-7H,1-2H3,(H,18,19,21). The molecule has 114 valence electrons. The second kappa shape index (κ2) is 5.87. The number of hydrogen-bond acceptors (Lipinski definition) is 4. The number of carbonyl (C=O) groups is 1. The van der Waals surface area contributed by atoms with Gasteiger partial charge in [0.05, 0.1) is 14.7 Å². The SMILES string of the molecule is CC(C)n1nccc1C(=O)Nc1nc2c(Cl)ccc(Cl)c2s1. The minimum atomic E-state index is -0.266. The van der Waals surface area contributed by atoms with Crippen LogP contribution in [0.3, 0.4) is 0 Å². The first kappa shape index (κ1) is 15.3. The third-order valence-corrected chi connectivity index (χ3v) is 4.79. The maximum atomic E-state index is 12.4. The van der Waals surface area contributed by atoms with Crippen molar-refractivity contribution in [1.82, 2.24) is 14.8 Å². The predicted octanol–water partition coefficient (Wildman–Crippen LogP) is 4.63. The molecule has 2 aromatic heterocycles. The van der Waals surface area contributed by atoms with Crippen LogP contribution < -0.4 is 5.32 Å². The van der Waals surface area contributed by atoms with Crippen LogP contribution in [0, 0.1) is 0 Å². The molecule has 8 heteroatoms. The first-order valence-corrected chi connectivity index (χ1v) is 8.14. The van der Waals surface area contributed by atoms with Crippen LogP contribution in [0.1, 0.15) is 30.4 Å². The van der Waals surface area contributed by atoms with Crippen LogP contribution >= 0.6 is 34.5 Å². The number of nitrogens with one attached hydrogen (secondary N) is 1. The molecule has 0 saturated heterocycles. The van der Waals surface area contributed by atoms with Gasteiger partial charge >= 0.3 is 0 Å². The van der Waals surface area contributed by atoms with Gasteiger partial charge in [-0.15, -0.1) is 0 Å². The Morgan fingerprint density at radius 2 is 2.00 bits per heavy atom. The van der Waals surface area contributed by atoms with Crippen LogP contribution in [-0.2, 0) is 0 Å². The van der Waals surface area contributed by atoms with E-state index in [-0.39, 0.29) is 11.9 Å². The molecule has 0 atom stereocenters. The van der Waals surface area contributed by atoms with Crippen molar-refractivity contribution in [3.63, 3.8) is 0 Å². The Morgan fingerprint density at radius 1 is 1.27 bits per heavy atom. The maximum Gasteiger partial charge on any atom is 0.275 e. The molecule has 0 spiro atoms. The molecule has 1 amide bonds. The van der Waals surface area contributed by atoms with E-state index in [0.717, 1.165) is 4.70 Å². The highest BCUT2D eigenvalue weighted by molar-refractivity contribution is 7.23. The van der Waals surface area contributed by atoms with E-state index < -0.39 is 0 Å². The average Bonchev–Trinajstić information content (AvgIpc) is 3.09. The zero-order valence-corrected chi connectivity index (χ0v) is 14.1. The third kappa shape index (κ3) is 2.69. The average molecular weight is 355 g/mol. The van der Waals surface area contributed by atoms with Crippen LogP contribution in [0.15, 0.2) is 24.4 Å². The van der Waals surface area contributed by atoms with E-state index in [2.05, 4.69) is 15.4 Å². The number of aromatic nitrogens is 3. The second-order valence-electron chi connectivity index (χ2n) is 4.93. The summed E-state index contributed by atoms with van der Waals surface area (Å²) in [5, 5.41) is 8.43. The molecular formula is C14H12Cl2N4OS. The fourth-order valence-corrected chi connectivity index (χ4v) is 3.48. The van der Waals surface area contributed by atoms with Crippen LogP contribution in [0.25, 0.3) is 10.2 Å². The number of nitrogens with zero attached hydrogens (tertiary/aromatic N) is 3. The van der Waals surface area contributed by atoms with Gasteiger partial charge < -0.3 is 0 Å². The molecular weight excluding hydrogens is 343 g/mol. The van der Waals surface area contributed by atoms with E-state index in [1.165, 1.54) is 11.3 Å². The first-order chi connectivity index (χ1) is 10.5. The van der Waals surface area contributed by atoms with Crippen molar-refractivity contribution in [3.05, 3.63) is 40.1 Å². The first-order valence-electron chi connectivity index (χ1n) is 6.56. The van der Waals surface area contributed by atoms with Gasteiger partial charge in [0.1, 0.15) is 11.2 Å². The Bertz CT molecular complexity index is 817. The Labute approximate surface area is 140 Å². The maximum absolute atomic E-state index is 12.4. The number of benzene rings is 1. The highest BCUT2D eigenvalue weighted by atomic mass is 35.5. The lowest BCUT2D eigenvalue weighted by Gasteiger charge is -2.09. The molecule has 1 N–H and O–H groups in total. The van der Waals surface area contributed by atoms with E-state index in [9.17, 15) is 4.79 Å². The molecule has 0 radical (unpaired) electrons. The monoisotopic (exact) mass is 354 g/mol. The Morgan fingerprint density at radius 3 is 2.68 bits per heavy atom. The Balaban J connectivity index is 1.93. The molecule has 0 unspecified atom stereocenters. The Hall–Kier alpha value is -1.63. The third-order valence-electron chi connectivity index (χ3n) is 3.06. The molecule has 3 rings (SSSR count). The van der Waals surface area contributed by atoms with Crippen molar-refractivity contribution < 1.29 is 4.79 Å². The molecule has 0 aliphatic rings. The second-order valence-corrected chi connectivity index (χ2v) is 6.75. The van der Waals surface area contributed by atoms with Gasteiger partial charge in [0.25, 0.3) is 5.91 Å². The number of hydrogen-bond donors (Lipinski definition) is 1. The molecule has 2 heterocycles. The van der Waals surface area contributed by atoms with Crippen LogP contribution in [0.5, 0.6) is 0 Å². The van der Waals surface area contributed by atoms with Crippen molar-refractivity contribution in [3.8, 4) is 0 Å². The van der Waals surface area contributed by atoms with Crippen molar-refractivity contribution in [1.29, 1.82) is 0 Å². The van der Waals surface area contributed by atoms with Crippen LogP contribution in [0.4, 0.5) is 5.13 Å². The zero-order valence-electron chi connectivity index (χ0n) is 11.8. The summed E-state index contributed by atoms with van der Waals surface area (Å²) < 4.78 is 2.41. The topological polar surface area (TPSA) is 59.8 Å². The summed E-state index contributed by atoms with van der Waals surface area (Å²) in [6.07, 6.45) is 1.60. The smallest absolute Gasteiger partial charge is 0.275 e. The van der Waals surface area contributed by atoms with Gasteiger partial charge in [-0.05, 0) is 32.0 Å². The van der Waals surface area contributed by atoms with E-state index in [1.54, 1.807) is 29.1 Å². The largest absolute Gasteiger partial charge is 0.296 e. The molecule has 0 aliphatic heterocycles. The number of fused-ring (bicyclic) bond motifs is 1. The summed E-state index contributed by atoms with van der Waals surface area (Å²) in [7, 11) is 0. The normalized spacial score (nSPS) is 11.3. The highest BCUT2D eigenvalue weighted by Gasteiger charge is 2.17. The molecule has 5 nitrogen and oxygen atoms in total. The molecule has 1 aromatic carbocycles. The van der Waals surface area contributed by atoms with Gasteiger partial charge in [0.15, 0.2) is 5.13 Å². The van der Waals surface area contributed by atoms with E-state index in [0.29, 0.717) is 26.4 Å². The summed E-state index contributed by atoms with van der Waals surface area (Å²) >= 11 is 13.5. The number of thiazole rings is 1. The van der Waals surface area contributed by atoms with E-state index in [4.69, 9.17) is 23.2 Å². The number of anilines is 1. The number of carbonyl (C=O) groups excluding carboxylic acids is 1. The van der Waals surface area contributed by atoms with E-state index in [1.807, 2.05) is 13.8 Å². The minimum Gasteiger partial charge on any atom is -0.296 e. The van der Waals surface area contributed by atoms with Crippen LogP contribution in [-0.4, -0.2) is 20.7 Å². The van der Waals surface area contributed by atoms with Crippen molar-refractivity contribution >= 4 is 55.8 Å². The summed E-state index contributed by atoms with van der Waals surface area (Å²) in [5.41, 5.74) is 1.07. The zero-order chi connectivity index (χ0) is 15.9. The minimum absolute atomic E-state index is 0.0926. The van der Waals surface area contributed by atoms with Crippen molar-refractivity contribution in [2.75, 3.05) is 5.32 Å². The highest BCUT2D eigenvalue weighted by Crippen LogP contribution is 2.36. The predicted molar refractivity (Wildman–Crippen MR) is 90.2 cm³/mol. The number of halogens is 2. The molecule has 22 heavy (non-hydrogen) atoms. The van der Waals surface area contributed by atoms with Gasteiger partial charge in [0.2, 0.25) is 0 Å². The fourth-order valence-electron chi connectivity index (χ4n) is 2.07. The van der Waals surface area contributed by atoms with Gasteiger partial charge in [-0.3, -0.25) is 14.8 Å². The molecule has 0 aliphatic carbocycles. The summed E-state index contributed by atoms with van der Waals surface area (Å²) in [4.78, 5) is 16.7. The van der Waals surface area contributed by atoms with Gasteiger partial charge in [0, 0.05) is 12.2 Å². The van der Waals surface area contributed by atoms with Crippen molar-refractivity contribution in [2.45, 2.75) is 19.9 Å². The lowest BCUT2D eigenvalue weighted by atomic mass is 10.3. The number of amides is 1. The summed E-state index contributed by atoms with van der Waals surface area (Å²) in [5.74, 6) is -0.266. The van der Waals surface area contributed by atoms with Gasteiger partial charge in [-0.25, -0.2) is 4.98 Å². The molecule has 3 aromatic rings. The van der Waals surface area contributed by atoms with E-state index >= 15 is 0 Å². The molecule has 0 saturated carbocycles. The quantitative estimate of drug-likeness (QED) is 0.745. The van der Waals surface area contributed by atoms with Crippen molar-refractivity contribution in [2.24, 2.45) is 0 Å². The fraction of sp³-hybridized carbons (Fsp3) is 0.214. The lowest BCUT2D eigenvalue weighted by Crippen LogP contribution is -2.18. The molecule has 0 bridgehead atoms. The number of rotatable bonds is 3. The summed E-state index contributed by atoms with van der Waals surface area (Å²) in [6, 6.07) is 5.16. The lowest BCUT2D eigenvalue weighted by molar-refractivity contribution is 0.101. The van der Waals surface area contributed by atoms with Gasteiger partial charge in [-0.2, -0.15) is 5.10 Å². The Kier molecular flexibility index (Phi) is 4.08. The van der Waals surface area contributed by atoms with Crippen LogP contribution in [0.2, 0.25) is 10.0 Å². The summed E-state index contributed by atoms with van der Waals surface area (Å²) in [6.45, 7) is 3.92. The molecule has 0 fully saturated rings. The van der Waals surface area contributed by atoms with Gasteiger partial charge in [-0.1, -0.05) is 34.5 Å².